The molecule has 4 nitrogen and oxygen atoms in total. The summed E-state index contributed by atoms with van der Waals surface area (Å²) in [6.07, 6.45) is 1.41. The first kappa shape index (κ1) is 16.4. The number of nitriles is 2. The average Bonchev–Trinajstić information content (AvgIpc) is 2.75. The average molecular weight is 352 g/mol. The molecular weight excluding hydrogens is 343 g/mol. The Labute approximate surface area is 142 Å². The zero-order chi connectivity index (χ0) is 16.3. The molecule has 0 unspecified atom stereocenters. The monoisotopic (exact) mass is 350 g/mol. The van der Waals surface area contributed by atoms with Gasteiger partial charge in [0.25, 0.3) is 0 Å². The SMILES string of the molecule is Cc1nn(Cc2c(Cl)cccc2Cl)c(Cl)c1C=C(C#N)C#N. The molecule has 2 rings (SSSR count). The van der Waals surface area contributed by atoms with Crippen molar-refractivity contribution in [2.45, 2.75) is 13.5 Å². The number of benzene rings is 1. The van der Waals surface area contributed by atoms with Gasteiger partial charge in [-0.3, -0.25) is 0 Å². The summed E-state index contributed by atoms with van der Waals surface area (Å²) in [7, 11) is 0. The molecule has 110 valence electrons. The summed E-state index contributed by atoms with van der Waals surface area (Å²) in [5.74, 6) is 0. The first-order valence-electron chi connectivity index (χ1n) is 6.15. The fourth-order valence-corrected chi connectivity index (χ4v) is 2.71. The highest BCUT2D eigenvalue weighted by atomic mass is 35.5. The molecule has 0 aliphatic rings. The minimum Gasteiger partial charge on any atom is -0.249 e. The lowest BCUT2D eigenvalue weighted by Crippen LogP contribution is -2.03. The number of hydrogen-bond donors (Lipinski definition) is 0. The molecule has 0 saturated heterocycles. The van der Waals surface area contributed by atoms with E-state index in [1.165, 1.54) is 10.8 Å². The van der Waals surface area contributed by atoms with Crippen molar-refractivity contribution in [3.63, 3.8) is 0 Å². The van der Waals surface area contributed by atoms with Gasteiger partial charge in [0.05, 0.1) is 12.2 Å². The van der Waals surface area contributed by atoms with Gasteiger partial charge in [0.1, 0.15) is 22.9 Å². The van der Waals surface area contributed by atoms with Crippen LogP contribution < -0.4 is 0 Å². The highest BCUT2D eigenvalue weighted by Crippen LogP contribution is 2.28. The molecule has 7 heteroatoms. The maximum absolute atomic E-state index is 8.84. The van der Waals surface area contributed by atoms with Crippen molar-refractivity contribution in [1.29, 1.82) is 10.5 Å². The second-order valence-corrected chi connectivity index (χ2v) is 5.60. The summed E-state index contributed by atoms with van der Waals surface area (Å²) in [6, 6.07) is 8.81. The molecule has 0 spiro atoms. The fourth-order valence-electron chi connectivity index (χ4n) is 1.90. The maximum atomic E-state index is 8.84. The lowest BCUT2D eigenvalue weighted by Gasteiger charge is -2.08. The maximum Gasteiger partial charge on any atom is 0.135 e. The molecule has 0 bridgehead atoms. The van der Waals surface area contributed by atoms with E-state index in [0.29, 0.717) is 38.6 Å². The van der Waals surface area contributed by atoms with E-state index in [4.69, 9.17) is 45.3 Å². The van der Waals surface area contributed by atoms with Crippen LogP contribution in [0.25, 0.3) is 6.08 Å². The van der Waals surface area contributed by atoms with Crippen LogP contribution >= 0.6 is 34.8 Å². The van der Waals surface area contributed by atoms with E-state index in [1.807, 2.05) is 0 Å². The third-order valence-corrected chi connectivity index (χ3v) is 4.12. The van der Waals surface area contributed by atoms with Gasteiger partial charge < -0.3 is 0 Å². The van der Waals surface area contributed by atoms with Crippen molar-refractivity contribution in [2.75, 3.05) is 0 Å². The summed E-state index contributed by atoms with van der Waals surface area (Å²) >= 11 is 18.6. The molecule has 22 heavy (non-hydrogen) atoms. The van der Waals surface area contributed by atoms with Crippen LogP contribution in [-0.2, 0) is 6.54 Å². The molecule has 1 aromatic carbocycles. The molecule has 0 saturated carbocycles. The predicted molar refractivity (Wildman–Crippen MR) is 86.7 cm³/mol. The van der Waals surface area contributed by atoms with Gasteiger partial charge in [0.15, 0.2) is 0 Å². The Bertz CT molecular complexity index is 801. The van der Waals surface area contributed by atoms with Gasteiger partial charge in [-0.2, -0.15) is 15.6 Å². The Morgan fingerprint density at radius 3 is 2.36 bits per heavy atom. The van der Waals surface area contributed by atoms with Gasteiger partial charge in [0.2, 0.25) is 0 Å². The number of rotatable bonds is 3. The Morgan fingerprint density at radius 2 is 1.82 bits per heavy atom. The van der Waals surface area contributed by atoms with E-state index in [0.717, 1.165) is 0 Å². The van der Waals surface area contributed by atoms with Crippen LogP contribution in [0.2, 0.25) is 15.2 Å². The van der Waals surface area contributed by atoms with E-state index in [-0.39, 0.29) is 5.57 Å². The lowest BCUT2D eigenvalue weighted by atomic mass is 10.2. The molecule has 1 heterocycles. The Morgan fingerprint density at radius 1 is 1.23 bits per heavy atom. The molecule has 0 amide bonds. The number of hydrogen-bond acceptors (Lipinski definition) is 3. The summed E-state index contributed by atoms with van der Waals surface area (Å²) < 4.78 is 1.53. The number of aryl methyl sites for hydroxylation is 1. The molecule has 0 N–H and O–H groups in total. The van der Waals surface area contributed by atoms with E-state index in [9.17, 15) is 0 Å². The van der Waals surface area contributed by atoms with Crippen LogP contribution in [0.5, 0.6) is 0 Å². The van der Waals surface area contributed by atoms with Crippen LogP contribution in [0.3, 0.4) is 0 Å². The number of nitrogens with zero attached hydrogens (tertiary/aromatic N) is 4. The van der Waals surface area contributed by atoms with Crippen molar-refractivity contribution in [2.24, 2.45) is 0 Å². The van der Waals surface area contributed by atoms with Crippen LogP contribution in [0, 0.1) is 29.6 Å². The van der Waals surface area contributed by atoms with Crippen molar-refractivity contribution < 1.29 is 0 Å². The molecule has 0 fully saturated rings. The highest BCUT2D eigenvalue weighted by molar-refractivity contribution is 6.36. The number of allylic oxidation sites excluding steroid dienone is 1. The van der Waals surface area contributed by atoms with Crippen LogP contribution in [-0.4, -0.2) is 9.78 Å². The molecule has 1 aromatic heterocycles. The molecule has 0 aliphatic heterocycles. The van der Waals surface area contributed by atoms with E-state index < -0.39 is 0 Å². The van der Waals surface area contributed by atoms with Gasteiger partial charge in [-0.25, -0.2) is 4.68 Å². The normalized spacial score (nSPS) is 9.91. The van der Waals surface area contributed by atoms with Crippen molar-refractivity contribution >= 4 is 40.9 Å². The van der Waals surface area contributed by atoms with Gasteiger partial charge in [-0.1, -0.05) is 40.9 Å². The van der Waals surface area contributed by atoms with Gasteiger partial charge >= 0.3 is 0 Å². The highest BCUT2D eigenvalue weighted by Gasteiger charge is 2.15. The van der Waals surface area contributed by atoms with E-state index in [1.54, 1.807) is 37.3 Å². The second-order valence-electron chi connectivity index (χ2n) is 4.43. The summed E-state index contributed by atoms with van der Waals surface area (Å²) in [4.78, 5) is 0. The largest absolute Gasteiger partial charge is 0.249 e. The van der Waals surface area contributed by atoms with Gasteiger partial charge in [0, 0.05) is 21.2 Å². The van der Waals surface area contributed by atoms with Crippen LogP contribution in [0.1, 0.15) is 16.8 Å². The topological polar surface area (TPSA) is 65.4 Å². The van der Waals surface area contributed by atoms with Crippen LogP contribution in [0.15, 0.2) is 23.8 Å². The number of halogens is 3. The predicted octanol–water partition coefficient (Wildman–Crippen LogP) is 4.63. The van der Waals surface area contributed by atoms with E-state index in [2.05, 4.69) is 5.10 Å². The Kier molecular flexibility index (Phi) is 5.11. The van der Waals surface area contributed by atoms with Crippen LogP contribution in [0.4, 0.5) is 0 Å². The zero-order valence-electron chi connectivity index (χ0n) is 11.4. The summed E-state index contributed by atoms with van der Waals surface area (Å²) in [6.45, 7) is 2.04. The number of aromatic nitrogens is 2. The first-order chi connectivity index (χ1) is 10.5. The van der Waals surface area contributed by atoms with Crippen molar-refractivity contribution in [1.82, 2.24) is 9.78 Å². The molecule has 0 radical (unpaired) electrons. The minimum absolute atomic E-state index is 0.0414. The molecule has 2 aromatic rings. The van der Waals surface area contributed by atoms with Crippen molar-refractivity contribution in [3.05, 3.63) is 55.8 Å². The van der Waals surface area contributed by atoms with Gasteiger partial charge in [-0.05, 0) is 25.1 Å². The smallest absolute Gasteiger partial charge is 0.135 e. The third-order valence-electron chi connectivity index (χ3n) is 3.01. The van der Waals surface area contributed by atoms with E-state index >= 15 is 0 Å². The minimum atomic E-state index is -0.0414. The lowest BCUT2D eigenvalue weighted by molar-refractivity contribution is 0.680. The Balaban J connectivity index is 2.46. The molecule has 0 aliphatic carbocycles. The quantitative estimate of drug-likeness (QED) is 0.757. The standard InChI is InChI=1S/C15H9Cl3N4/c1-9-11(5-10(6-19)7-20)15(18)22(21-9)8-12-13(16)3-2-4-14(12)17/h2-5H,8H2,1H3. The molecular formula is C15H9Cl3N4. The summed E-state index contributed by atoms with van der Waals surface area (Å²) in [5, 5.41) is 23.3. The van der Waals surface area contributed by atoms with Gasteiger partial charge in [-0.15, -0.1) is 0 Å². The first-order valence-corrected chi connectivity index (χ1v) is 7.29. The zero-order valence-corrected chi connectivity index (χ0v) is 13.7. The summed E-state index contributed by atoms with van der Waals surface area (Å²) in [5.41, 5.74) is 1.80. The molecule has 0 atom stereocenters. The second kappa shape index (κ2) is 6.85. The fraction of sp³-hybridized carbons (Fsp3) is 0.133. The Hall–Kier alpha value is -1.98. The third kappa shape index (κ3) is 3.26. The van der Waals surface area contributed by atoms with Crippen molar-refractivity contribution in [3.8, 4) is 12.1 Å².